The Kier molecular flexibility index (Phi) is 4.16. The molecule has 136 valence electrons. The average molecular weight is 336 g/mol. The summed E-state index contributed by atoms with van der Waals surface area (Å²) in [7, 11) is 0. The van der Waals surface area contributed by atoms with Crippen molar-refractivity contribution in [3.63, 3.8) is 0 Å². The first kappa shape index (κ1) is 17.9. The average Bonchev–Trinajstić information content (AvgIpc) is 2.83. The number of aliphatic hydroxyl groups is 1. The number of aliphatic hydroxyl groups excluding tert-OH is 1. The number of allylic oxidation sites excluding steroid dienone is 1. The fraction of sp³-hybridized carbons (Fsp3) is 0.850. The lowest BCUT2D eigenvalue weighted by atomic mass is 9.46. The Morgan fingerprint density at radius 3 is 2.58 bits per heavy atom. The number of carboxylic acids is 1. The third-order valence-electron chi connectivity index (χ3n) is 7.59. The molecule has 2 N–H and O–H groups in total. The van der Waals surface area contributed by atoms with Crippen LogP contribution in [0.3, 0.4) is 0 Å². The van der Waals surface area contributed by atoms with Crippen molar-refractivity contribution in [3.05, 3.63) is 11.6 Å². The van der Waals surface area contributed by atoms with E-state index in [9.17, 15) is 15.0 Å². The number of fused-ring (bicyclic) bond motifs is 2. The topological polar surface area (TPSA) is 66.8 Å². The van der Waals surface area contributed by atoms with Crippen LogP contribution >= 0.6 is 0 Å². The second kappa shape index (κ2) is 5.57. The number of carbonyl (C=O) groups is 1. The van der Waals surface area contributed by atoms with Crippen molar-refractivity contribution in [2.45, 2.75) is 83.8 Å². The molecular formula is C20H32O4. The van der Waals surface area contributed by atoms with E-state index in [0.29, 0.717) is 5.92 Å². The minimum Gasteiger partial charge on any atom is -0.481 e. The Labute approximate surface area is 145 Å². The van der Waals surface area contributed by atoms with E-state index in [1.807, 2.05) is 6.92 Å². The largest absolute Gasteiger partial charge is 0.481 e. The van der Waals surface area contributed by atoms with Crippen molar-refractivity contribution < 1.29 is 19.7 Å². The zero-order valence-corrected chi connectivity index (χ0v) is 15.5. The highest BCUT2D eigenvalue weighted by atomic mass is 16.5. The third-order valence-corrected chi connectivity index (χ3v) is 7.59. The SMILES string of the molecule is CC1=CCC2C(C)(CO)CCCC2(C)C12CCC(C)(CC(=O)O)O2. The van der Waals surface area contributed by atoms with E-state index < -0.39 is 11.6 Å². The number of ether oxygens (including phenoxy) is 1. The summed E-state index contributed by atoms with van der Waals surface area (Å²) >= 11 is 0. The predicted octanol–water partition coefficient (Wildman–Crippen LogP) is 3.92. The van der Waals surface area contributed by atoms with Crippen LogP contribution < -0.4 is 0 Å². The van der Waals surface area contributed by atoms with Crippen LogP contribution in [-0.2, 0) is 9.53 Å². The molecule has 0 radical (unpaired) electrons. The quantitative estimate of drug-likeness (QED) is 0.767. The Balaban J connectivity index is 2.02. The van der Waals surface area contributed by atoms with E-state index in [0.717, 1.165) is 38.5 Å². The summed E-state index contributed by atoms with van der Waals surface area (Å²) in [5.41, 5.74) is 0.164. The Morgan fingerprint density at radius 2 is 1.96 bits per heavy atom. The minimum absolute atomic E-state index is 0.0438. The van der Waals surface area contributed by atoms with Crippen molar-refractivity contribution in [3.8, 4) is 0 Å². The van der Waals surface area contributed by atoms with Gasteiger partial charge in [0, 0.05) is 12.0 Å². The lowest BCUT2D eigenvalue weighted by molar-refractivity contribution is -0.198. The van der Waals surface area contributed by atoms with Gasteiger partial charge in [0.15, 0.2) is 0 Å². The number of carboxylic acid groups (broad SMARTS) is 1. The Hall–Kier alpha value is -0.870. The van der Waals surface area contributed by atoms with Gasteiger partial charge in [-0.25, -0.2) is 0 Å². The molecule has 4 heteroatoms. The van der Waals surface area contributed by atoms with Crippen molar-refractivity contribution in [2.75, 3.05) is 6.61 Å². The normalized spacial score (nSPS) is 48.2. The van der Waals surface area contributed by atoms with Crippen LogP contribution in [0, 0.1) is 16.7 Å². The summed E-state index contributed by atoms with van der Waals surface area (Å²) in [6.07, 6.45) is 8.23. The maximum atomic E-state index is 11.3. The first-order valence-electron chi connectivity index (χ1n) is 9.31. The molecule has 1 aliphatic heterocycles. The zero-order valence-electron chi connectivity index (χ0n) is 15.5. The lowest BCUT2D eigenvalue weighted by Crippen LogP contribution is -2.60. The molecule has 3 aliphatic rings. The van der Waals surface area contributed by atoms with E-state index in [1.54, 1.807) is 0 Å². The summed E-state index contributed by atoms with van der Waals surface area (Å²) in [6.45, 7) is 8.85. The Morgan fingerprint density at radius 1 is 1.25 bits per heavy atom. The van der Waals surface area contributed by atoms with E-state index in [4.69, 9.17) is 4.74 Å². The molecule has 0 aromatic rings. The van der Waals surface area contributed by atoms with Gasteiger partial charge in [0.25, 0.3) is 0 Å². The highest BCUT2D eigenvalue weighted by Crippen LogP contribution is 2.66. The van der Waals surface area contributed by atoms with E-state index >= 15 is 0 Å². The molecule has 1 heterocycles. The van der Waals surface area contributed by atoms with Crippen molar-refractivity contribution >= 4 is 5.97 Å². The van der Waals surface area contributed by atoms with Gasteiger partial charge in [0.2, 0.25) is 0 Å². The van der Waals surface area contributed by atoms with Gasteiger partial charge < -0.3 is 14.9 Å². The monoisotopic (exact) mass is 336 g/mol. The molecule has 0 aromatic heterocycles. The molecule has 2 aliphatic carbocycles. The second-order valence-electron chi connectivity index (χ2n) is 9.21. The van der Waals surface area contributed by atoms with Gasteiger partial charge >= 0.3 is 5.97 Å². The summed E-state index contributed by atoms with van der Waals surface area (Å²) in [6, 6.07) is 0. The highest BCUT2D eigenvalue weighted by Gasteiger charge is 2.65. The zero-order chi connectivity index (χ0) is 17.8. The van der Waals surface area contributed by atoms with E-state index in [1.165, 1.54) is 5.57 Å². The molecule has 2 fully saturated rings. The number of rotatable bonds is 3. The first-order valence-corrected chi connectivity index (χ1v) is 9.31. The molecule has 0 bridgehead atoms. The van der Waals surface area contributed by atoms with Gasteiger partial charge in [0.1, 0.15) is 0 Å². The molecule has 1 saturated carbocycles. The summed E-state index contributed by atoms with van der Waals surface area (Å²) in [5, 5.41) is 19.4. The maximum Gasteiger partial charge on any atom is 0.306 e. The van der Waals surface area contributed by atoms with Crippen LogP contribution in [0.4, 0.5) is 0 Å². The highest BCUT2D eigenvalue weighted by molar-refractivity contribution is 5.68. The second-order valence-corrected chi connectivity index (χ2v) is 9.21. The molecule has 4 nitrogen and oxygen atoms in total. The third kappa shape index (κ3) is 2.37. The van der Waals surface area contributed by atoms with Crippen LogP contribution in [0.1, 0.15) is 72.6 Å². The molecule has 3 rings (SSSR count). The van der Waals surface area contributed by atoms with Crippen LogP contribution in [0.25, 0.3) is 0 Å². The minimum atomic E-state index is -0.794. The maximum absolute atomic E-state index is 11.3. The first-order chi connectivity index (χ1) is 11.1. The van der Waals surface area contributed by atoms with Crippen molar-refractivity contribution in [1.29, 1.82) is 0 Å². The van der Waals surface area contributed by atoms with Gasteiger partial charge in [0.05, 0.1) is 17.6 Å². The fourth-order valence-electron chi connectivity index (χ4n) is 6.19. The molecule has 24 heavy (non-hydrogen) atoms. The molecule has 1 saturated heterocycles. The van der Waals surface area contributed by atoms with Gasteiger partial charge in [-0.2, -0.15) is 0 Å². The molecule has 5 atom stereocenters. The molecule has 5 unspecified atom stereocenters. The summed E-state index contributed by atoms with van der Waals surface area (Å²) in [4.78, 5) is 11.3. The van der Waals surface area contributed by atoms with Crippen LogP contribution in [0.15, 0.2) is 11.6 Å². The predicted molar refractivity (Wildman–Crippen MR) is 92.7 cm³/mol. The standard InChI is InChI=1S/C20H32O4/c1-14-6-7-15-17(2,13-21)8-5-9-19(15,4)20(14)11-10-18(3,24-20)12-16(22)23/h6,15,21H,5,7-13H2,1-4H3,(H,22,23). The van der Waals surface area contributed by atoms with Crippen LogP contribution in [0.2, 0.25) is 0 Å². The van der Waals surface area contributed by atoms with E-state index in [2.05, 4.69) is 26.8 Å². The molecule has 0 aromatic carbocycles. The van der Waals surface area contributed by atoms with Gasteiger partial charge in [-0.05, 0) is 62.9 Å². The fourth-order valence-corrected chi connectivity index (χ4v) is 6.19. The van der Waals surface area contributed by atoms with Crippen LogP contribution in [-0.4, -0.2) is 34.0 Å². The number of hydrogen-bond acceptors (Lipinski definition) is 3. The molecular weight excluding hydrogens is 304 g/mol. The summed E-state index contributed by atoms with van der Waals surface area (Å²) < 4.78 is 6.68. The van der Waals surface area contributed by atoms with Crippen molar-refractivity contribution in [1.82, 2.24) is 0 Å². The number of hydrogen-bond donors (Lipinski definition) is 2. The van der Waals surface area contributed by atoms with E-state index in [-0.39, 0.29) is 29.5 Å². The number of aliphatic carboxylic acids is 1. The van der Waals surface area contributed by atoms with Gasteiger partial charge in [-0.1, -0.05) is 26.3 Å². The molecule has 0 amide bonds. The molecule has 1 spiro atoms. The van der Waals surface area contributed by atoms with Gasteiger partial charge in [-0.15, -0.1) is 0 Å². The van der Waals surface area contributed by atoms with Crippen LogP contribution in [0.5, 0.6) is 0 Å². The Bertz CT molecular complexity index is 570. The van der Waals surface area contributed by atoms with Crippen molar-refractivity contribution in [2.24, 2.45) is 16.7 Å². The lowest BCUT2D eigenvalue weighted by Gasteiger charge is -2.61. The summed E-state index contributed by atoms with van der Waals surface area (Å²) in [5.74, 6) is -0.419. The van der Waals surface area contributed by atoms with Gasteiger partial charge in [-0.3, -0.25) is 4.79 Å². The smallest absolute Gasteiger partial charge is 0.306 e.